The predicted octanol–water partition coefficient (Wildman–Crippen LogP) is 1.95. The van der Waals surface area contributed by atoms with Crippen LogP contribution in [0.25, 0.3) is 21.9 Å². The number of fused-ring (bicyclic) bond motifs is 3. The molecule has 0 saturated carbocycles. The van der Waals surface area contributed by atoms with Gasteiger partial charge in [0.25, 0.3) is 0 Å². The monoisotopic (exact) mass is 328 g/mol. The fourth-order valence-corrected chi connectivity index (χ4v) is 2.87. The topological polar surface area (TPSA) is 104 Å². The molecule has 7 heteroatoms. The van der Waals surface area contributed by atoms with Crippen LogP contribution in [0.2, 0.25) is 0 Å². The first-order chi connectivity index (χ1) is 11.5. The number of nitrogen functional groups attached to an aromatic ring is 1. The van der Waals surface area contributed by atoms with Gasteiger partial charge in [0.05, 0.1) is 24.1 Å². The molecule has 0 radical (unpaired) electrons. The van der Waals surface area contributed by atoms with Crippen molar-refractivity contribution < 1.29 is 4.84 Å². The Labute approximate surface area is 141 Å². The highest BCUT2D eigenvalue weighted by molar-refractivity contribution is 6.06. The van der Waals surface area contributed by atoms with Gasteiger partial charge >= 0.3 is 0 Å². The second-order valence-corrected chi connectivity index (χ2v) is 6.48. The average molecular weight is 328 g/mol. The van der Waals surface area contributed by atoms with Crippen LogP contribution in [0.4, 0.5) is 5.82 Å². The van der Waals surface area contributed by atoms with Crippen molar-refractivity contribution >= 4 is 27.8 Å². The average Bonchev–Trinajstić information content (AvgIpc) is 2.92. The minimum absolute atomic E-state index is 0.437. The first-order valence-electron chi connectivity index (χ1n) is 8.09. The molecular formula is C17H24N6O. The number of pyridine rings is 1. The van der Waals surface area contributed by atoms with Gasteiger partial charge in [0, 0.05) is 5.39 Å². The summed E-state index contributed by atoms with van der Waals surface area (Å²) in [5.74, 6) is 6.80. The van der Waals surface area contributed by atoms with E-state index in [9.17, 15) is 0 Å². The van der Waals surface area contributed by atoms with Crippen LogP contribution in [0.15, 0.2) is 24.3 Å². The van der Waals surface area contributed by atoms with E-state index in [1.165, 1.54) is 0 Å². The van der Waals surface area contributed by atoms with Gasteiger partial charge in [-0.1, -0.05) is 25.1 Å². The Hall–Kier alpha value is -2.22. The van der Waals surface area contributed by atoms with Crippen molar-refractivity contribution in [1.29, 1.82) is 0 Å². The summed E-state index contributed by atoms with van der Waals surface area (Å²) in [6.45, 7) is 8.01. The molecule has 5 N–H and O–H groups in total. The lowest BCUT2D eigenvalue weighted by atomic mass is 10.1. The molecule has 3 rings (SSSR count). The fraction of sp³-hybridized carbons (Fsp3) is 0.412. The Morgan fingerprint density at radius 2 is 2.00 bits per heavy atom. The second-order valence-electron chi connectivity index (χ2n) is 6.48. The largest absolute Gasteiger partial charge is 0.382 e. The quantitative estimate of drug-likeness (QED) is 0.597. The van der Waals surface area contributed by atoms with E-state index in [1.807, 2.05) is 38.1 Å². The Kier molecular flexibility index (Phi) is 4.40. The molecular weight excluding hydrogens is 304 g/mol. The van der Waals surface area contributed by atoms with Crippen molar-refractivity contribution in [3.63, 3.8) is 0 Å². The molecule has 0 atom stereocenters. The van der Waals surface area contributed by atoms with Crippen LogP contribution < -0.4 is 16.9 Å². The van der Waals surface area contributed by atoms with E-state index in [2.05, 4.69) is 21.8 Å². The van der Waals surface area contributed by atoms with Crippen molar-refractivity contribution in [1.82, 2.24) is 19.9 Å². The number of aromatic nitrogens is 3. The lowest BCUT2D eigenvalue weighted by Gasteiger charge is -2.24. The van der Waals surface area contributed by atoms with Crippen LogP contribution >= 0.6 is 0 Å². The molecule has 0 aliphatic rings. The van der Waals surface area contributed by atoms with Gasteiger partial charge in [-0.2, -0.15) is 0 Å². The SMILES string of the molecule is CCNCc1nc2c(N)nc3ccccc3c2n1CC(C)(C)ON. The number of rotatable bonds is 6. The molecule has 0 saturated heterocycles. The summed E-state index contributed by atoms with van der Waals surface area (Å²) in [7, 11) is 0. The van der Waals surface area contributed by atoms with E-state index in [0.717, 1.165) is 34.3 Å². The maximum atomic E-state index is 6.17. The number of nitrogens with two attached hydrogens (primary N) is 2. The molecule has 0 bridgehead atoms. The van der Waals surface area contributed by atoms with Crippen molar-refractivity contribution in [3.8, 4) is 0 Å². The number of anilines is 1. The molecule has 0 fully saturated rings. The highest BCUT2D eigenvalue weighted by atomic mass is 16.6. The normalized spacial score (nSPS) is 12.3. The smallest absolute Gasteiger partial charge is 0.152 e. The van der Waals surface area contributed by atoms with Crippen LogP contribution in [0.3, 0.4) is 0 Å². The number of benzene rings is 1. The fourth-order valence-electron chi connectivity index (χ4n) is 2.87. The van der Waals surface area contributed by atoms with Crippen molar-refractivity contribution in [3.05, 3.63) is 30.1 Å². The number of hydrogen-bond acceptors (Lipinski definition) is 6. The standard InChI is InChI=1S/C17H24N6O/c1-4-20-9-13-22-14-15(23(13)10-17(2,3)24-19)11-7-5-6-8-12(11)21-16(14)18/h5-8,20H,4,9-10,19H2,1-3H3,(H2,18,21). The third kappa shape index (κ3) is 2.93. The van der Waals surface area contributed by atoms with Gasteiger partial charge in [-0.25, -0.2) is 15.9 Å². The highest BCUT2D eigenvalue weighted by Gasteiger charge is 2.24. The number of imidazole rings is 1. The summed E-state index contributed by atoms with van der Waals surface area (Å²) in [4.78, 5) is 14.4. The zero-order chi connectivity index (χ0) is 17.3. The van der Waals surface area contributed by atoms with E-state index in [-0.39, 0.29) is 0 Å². The van der Waals surface area contributed by atoms with Crippen molar-refractivity contribution in [2.45, 2.75) is 39.5 Å². The Bertz CT molecular complexity index is 870. The minimum Gasteiger partial charge on any atom is -0.382 e. The van der Waals surface area contributed by atoms with Crippen LogP contribution in [0.5, 0.6) is 0 Å². The van der Waals surface area contributed by atoms with Gasteiger partial charge in [0.2, 0.25) is 0 Å². The van der Waals surface area contributed by atoms with Crippen LogP contribution in [0.1, 0.15) is 26.6 Å². The molecule has 3 aromatic rings. The van der Waals surface area contributed by atoms with Crippen LogP contribution in [-0.4, -0.2) is 26.7 Å². The number of para-hydroxylation sites is 1. The first kappa shape index (κ1) is 16.6. The zero-order valence-electron chi connectivity index (χ0n) is 14.3. The van der Waals surface area contributed by atoms with E-state index >= 15 is 0 Å². The van der Waals surface area contributed by atoms with E-state index in [1.54, 1.807) is 0 Å². The second kappa shape index (κ2) is 6.35. The summed E-state index contributed by atoms with van der Waals surface area (Å²) in [5.41, 5.74) is 8.17. The van der Waals surface area contributed by atoms with E-state index < -0.39 is 5.60 Å². The van der Waals surface area contributed by atoms with Crippen LogP contribution in [-0.2, 0) is 17.9 Å². The maximum absolute atomic E-state index is 6.17. The summed E-state index contributed by atoms with van der Waals surface area (Å²) in [5, 5.41) is 4.34. The third-order valence-electron chi connectivity index (χ3n) is 4.08. The van der Waals surface area contributed by atoms with Gasteiger partial charge in [0.15, 0.2) is 5.82 Å². The molecule has 7 nitrogen and oxygen atoms in total. The lowest BCUT2D eigenvalue weighted by Crippen LogP contribution is -2.34. The molecule has 0 amide bonds. The molecule has 0 unspecified atom stereocenters. The molecule has 0 aliphatic heterocycles. The first-order valence-corrected chi connectivity index (χ1v) is 8.09. The number of nitrogens with zero attached hydrogens (tertiary/aromatic N) is 3. The third-order valence-corrected chi connectivity index (χ3v) is 4.08. The minimum atomic E-state index is -0.534. The molecule has 128 valence electrons. The Balaban J connectivity index is 2.30. The van der Waals surface area contributed by atoms with Gasteiger partial charge < -0.3 is 15.6 Å². The van der Waals surface area contributed by atoms with Crippen molar-refractivity contribution in [2.24, 2.45) is 5.90 Å². The van der Waals surface area contributed by atoms with Gasteiger partial charge in [-0.15, -0.1) is 0 Å². The Morgan fingerprint density at radius 3 is 2.71 bits per heavy atom. The van der Waals surface area contributed by atoms with Gasteiger partial charge in [0.1, 0.15) is 16.9 Å². The molecule has 2 aromatic heterocycles. The zero-order valence-corrected chi connectivity index (χ0v) is 14.3. The summed E-state index contributed by atoms with van der Waals surface area (Å²) >= 11 is 0. The maximum Gasteiger partial charge on any atom is 0.152 e. The summed E-state index contributed by atoms with van der Waals surface area (Å²) < 4.78 is 2.13. The predicted molar refractivity (Wildman–Crippen MR) is 96.2 cm³/mol. The van der Waals surface area contributed by atoms with E-state index in [0.29, 0.717) is 18.9 Å². The Morgan fingerprint density at radius 1 is 1.25 bits per heavy atom. The number of nitrogens with one attached hydrogen (secondary N) is 1. The molecule has 0 aliphatic carbocycles. The summed E-state index contributed by atoms with van der Waals surface area (Å²) in [6, 6.07) is 7.94. The highest BCUT2D eigenvalue weighted by Crippen LogP contribution is 2.30. The van der Waals surface area contributed by atoms with E-state index in [4.69, 9.17) is 21.5 Å². The molecule has 1 aromatic carbocycles. The molecule has 2 heterocycles. The summed E-state index contributed by atoms with van der Waals surface area (Å²) in [6.07, 6.45) is 0. The van der Waals surface area contributed by atoms with Gasteiger partial charge in [-0.05, 0) is 26.5 Å². The molecule has 24 heavy (non-hydrogen) atoms. The van der Waals surface area contributed by atoms with Gasteiger partial charge in [-0.3, -0.25) is 4.84 Å². The lowest BCUT2D eigenvalue weighted by molar-refractivity contribution is -0.0312. The molecule has 0 spiro atoms. The number of hydrogen-bond donors (Lipinski definition) is 3. The van der Waals surface area contributed by atoms with Crippen LogP contribution in [0, 0.1) is 0 Å². The van der Waals surface area contributed by atoms with Crippen molar-refractivity contribution in [2.75, 3.05) is 12.3 Å².